The van der Waals surface area contributed by atoms with Crippen LogP contribution in [0.15, 0.2) is 59.6 Å². The summed E-state index contributed by atoms with van der Waals surface area (Å²) in [5.41, 5.74) is 3.44. The van der Waals surface area contributed by atoms with E-state index >= 15 is 0 Å². The summed E-state index contributed by atoms with van der Waals surface area (Å²) in [7, 11) is 1.39. The first-order chi connectivity index (χ1) is 11.7. The standard InChI is InChI=1S/C19H18N2O2S/c1-13-9-11-15(12-10-13)21-16(19(22)23-2)18(24-3)20-17(21)14-7-5-4-6-8-14/h4-12H,1-3H3. The number of ether oxygens (including phenoxy) is 1. The molecule has 0 aliphatic heterocycles. The molecule has 0 amide bonds. The fourth-order valence-corrected chi connectivity index (χ4v) is 3.09. The maximum atomic E-state index is 12.4. The second-order valence-corrected chi connectivity index (χ2v) is 6.12. The van der Waals surface area contributed by atoms with Gasteiger partial charge < -0.3 is 4.74 Å². The largest absolute Gasteiger partial charge is 0.464 e. The number of methoxy groups -OCH3 is 1. The van der Waals surface area contributed by atoms with E-state index in [2.05, 4.69) is 0 Å². The fourth-order valence-electron chi connectivity index (χ4n) is 2.54. The Kier molecular flexibility index (Phi) is 4.71. The molecule has 2 aromatic carbocycles. The van der Waals surface area contributed by atoms with Crippen LogP contribution in [0.3, 0.4) is 0 Å². The van der Waals surface area contributed by atoms with Gasteiger partial charge in [-0.3, -0.25) is 4.57 Å². The normalized spacial score (nSPS) is 10.6. The van der Waals surface area contributed by atoms with Gasteiger partial charge in [0, 0.05) is 11.3 Å². The number of carbonyl (C=O) groups excluding carboxylic acids is 1. The van der Waals surface area contributed by atoms with Gasteiger partial charge in [0.1, 0.15) is 10.9 Å². The van der Waals surface area contributed by atoms with Crippen LogP contribution in [0.2, 0.25) is 0 Å². The summed E-state index contributed by atoms with van der Waals surface area (Å²) < 4.78 is 6.87. The van der Waals surface area contributed by atoms with Crippen molar-refractivity contribution in [1.29, 1.82) is 0 Å². The number of hydrogen-bond donors (Lipinski definition) is 0. The molecule has 122 valence electrons. The van der Waals surface area contributed by atoms with Crippen molar-refractivity contribution in [3.05, 3.63) is 65.9 Å². The van der Waals surface area contributed by atoms with Crippen molar-refractivity contribution in [3.8, 4) is 17.1 Å². The van der Waals surface area contributed by atoms with Gasteiger partial charge in [-0.15, -0.1) is 11.8 Å². The molecule has 0 N–H and O–H groups in total. The number of thioether (sulfide) groups is 1. The fraction of sp³-hybridized carbons (Fsp3) is 0.158. The van der Waals surface area contributed by atoms with Gasteiger partial charge in [-0.05, 0) is 25.3 Å². The van der Waals surface area contributed by atoms with Crippen molar-refractivity contribution in [2.75, 3.05) is 13.4 Å². The highest BCUT2D eigenvalue weighted by molar-refractivity contribution is 7.98. The van der Waals surface area contributed by atoms with Crippen LogP contribution in [-0.2, 0) is 4.74 Å². The van der Waals surface area contributed by atoms with Crippen LogP contribution in [-0.4, -0.2) is 28.9 Å². The van der Waals surface area contributed by atoms with E-state index in [0.29, 0.717) is 10.7 Å². The number of aryl methyl sites for hydroxylation is 1. The first kappa shape index (κ1) is 16.3. The lowest BCUT2D eigenvalue weighted by Crippen LogP contribution is -2.11. The number of hydrogen-bond acceptors (Lipinski definition) is 4. The van der Waals surface area contributed by atoms with E-state index in [-0.39, 0.29) is 0 Å². The minimum absolute atomic E-state index is 0.394. The smallest absolute Gasteiger partial charge is 0.357 e. The third kappa shape index (κ3) is 2.95. The van der Waals surface area contributed by atoms with E-state index < -0.39 is 5.97 Å². The Hall–Kier alpha value is -2.53. The van der Waals surface area contributed by atoms with Crippen molar-refractivity contribution in [3.63, 3.8) is 0 Å². The molecule has 0 aliphatic rings. The molecule has 0 atom stereocenters. The first-order valence-corrected chi connectivity index (χ1v) is 8.75. The zero-order valence-corrected chi connectivity index (χ0v) is 14.6. The average Bonchev–Trinajstić information content (AvgIpc) is 3.02. The van der Waals surface area contributed by atoms with Gasteiger partial charge in [-0.2, -0.15) is 0 Å². The third-order valence-electron chi connectivity index (χ3n) is 3.74. The van der Waals surface area contributed by atoms with Gasteiger partial charge in [0.05, 0.1) is 7.11 Å². The predicted molar refractivity (Wildman–Crippen MR) is 96.9 cm³/mol. The van der Waals surface area contributed by atoms with Crippen LogP contribution in [0, 0.1) is 6.92 Å². The number of imidazole rings is 1. The summed E-state index contributed by atoms with van der Waals surface area (Å²) in [4.78, 5) is 17.1. The summed E-state index contributed by atoms with van der Waals surface area (Å²) in [5.74, 6) is 0.332. The summed E-state index contributed by atoms with van der Waals surface area (Å²) in [6.07, 6.45) is 1.91. The molecule has 0 unspecified atom stereocenters. The summed E-state index contributed by atoms with van der Waals surface area (Å²) in [6.45, 7) is 2.03. The zero-order chi connectivity index (χ0) is 17.1. The number of nitrogens with zero attached hydrogens (tertiary/aromatic N) is 2. The number of benzene rings is 2. The van der Waals surface area contributed by atoms with E-state index in [9.17, 15) is 4.79 Å². The molecule has 1 heterocycles. The molecular formula is C19H18N2O2S. The Bertz CT molecular complexity index is 855. The summed E-state index contributed by atoms with van der Waals surface area (Å²) in [6, 6.07) is 17.9. The van der Waals surface area contributed by atoms with Crippen molar-refractivity contribution in [2.45, 2.75) is 11.9 Å². The molecule has 0 spiro atoms. The molecule has 3 rings (SSSR count). The molecule has 0 aliphatic carbocycles. The van der Waals surface area contributed by atoms with Gasteiger partial charge in [-0.25, -0.2) is 9.78 Å². The predicted octanol–water partition coefficient (Wildman–Crippen LogP) is 4.36. The molecule has 1 aromatic heterocycles. The van der Waals surface area contributed by atoms with E-state index in [0.717, 1.165) is 22.6 Å². The summed E-state index contributed by atoms with van der Waals surface area (Å²) >= 11 is 1.43. The van der Waals surface area contributed by atoms with Crippen molar-refractivity contribution in [1.82, 2.24) is 9.55 Å². The van der Waals surface area contributed by atoms with Crippen LogP contribution >= 0.6 is 11.8 Å². The van der Waals surface area contributed by atoms with Crippen molar-refractivity contribution in [2.24, 2.45) is 0 Å². The van der Waals surface area contributed by atoms with E-state index in [1.165, 1.54) is 18.9 Å². The lowest BCUT2D eigenvalue weighted by atomic mass is 10.2. The lowest BCUT2D eigenvalue weighted by molar-refractivity contribution is 0.0587. The molecule has 0 fully saturated rings. The third-order valence-corrected chi connectivity index (χ3v) is 4.41. The number of rotatable bonds is 4. The van der Waals surface area contributed by atoms with Crippen molar-refractivity contribution >= 4 is 17.7 Å². The molecular weight excluding hydrogens is 320 g/mol. The zero-order valence-electron chi connectivity index (χ0n) is 13.8. The SMILES string of the molecule is COC(=O)c1c(SC)nc(-c2ccccc2)n1-c1ccc(C)cc1. The lowest BCUT2D eigenvalue weighted by Gasteiger charge is -2.12. The minimum Gasteiger partial charge on any atom is -0.464 e. The molecule has 0 saturated carbocycles. The van der Waals surface area contributed by atoms with E-state index in [1.54, 1.807) is 0 Å². The second-order valence-electron chi connectivity index (χ2n) is 5.32. The average molecular weight is 338 g/mol. The van der Waals surface area contributed by atoms with Crippen LogP contribution < -0.4 is 0 Å². The second kappa shape index (κ2) is 6.93. The Morgan fingerprint density at radius 3 is 2.33 bits per heavy atom. The van der Waals surface area contributed by atoms with Crippen LogP contribution in [0.4, 0.5) is 0 Å². The Morgan fingerprint density at radius 2 is 1.75 bits per heavy atom. The molecule has 0 bridgehead atoms. The Morgan fingerprint density at radius 1 is 1.08 bits per heavy atom. The molecule has 5 heteroatoms. The van der Waals surface area contributed by atoms with Gasteiger partial charge in [-0.1, -0.05) is 48.0 Å². The van der Waals surface area contributed by atoms with E-state index in [1.807, 2.05) is 72.3 Å². The molecule has 3 aromatic rings. The van der Waals surface area contributed by atoms with Crippen LogP contribution in [0.1, 0.15) is 16.1 Å². The van der Waals surface area contributed by atoms with Gasteiger partial charge in [0.15, 0.2) is 5.69 Å². The quantitative estimate of drug-likeness (QED) is 0.524. The highest BCUT2D eigenvalue weighted by atomic mass is 32.2. The molecule has 4 nitrogen and oxygen atoms in total. The topological polar surface area (TPSA) is 44.1 Å². The van der Waals surface area contributed by atoms with Gasteiger partial charge in [0.25, 0.3) is 0 Å². The van der Waals surface area contributed by atoms with Gasteiger partial charge in [0.2, 0.25) is 0 Å². The number of carbonyl (C=O) groups is 1. The van der Waals surface area contributed by atoms with Crippen LogP contribution in [0.25, 0.3) is 17.1 Å². The highest BCUT2D eigenvalue weighted by Gasteiger charge is 2.25. The van der Waals surface area contributed by atoms with Crippen molar-refractivity contribution < 1.29 is 9.53 Å². The molecule has 0 saturated heterocycles. The summed E-state index contributed by atoms with van der Waals surface area (Å²) in [5, 5.41) is 0.654. The maximum absolute atomic E-state index is 12.4. The monoisotopic (exact) mass is 338 g/mol. The van der Waals surface area contributed by atoms with Crippen LogP contribution in [0.5, 0.6) is 0 Å². The maximum Gasteiger partial charge on any atom is 0.357 e. The number of aromatic nitrogens is 2. The minimum atomic E-state index is -0.394. The molecule has 0 radical (unpaired) electrons. The Balaban J connectivity index is 2.31. The highest BCUT2D eigenvalue weighted by Crippen LogP contribution is 2.31. The first-order valence-electron chi connectivity index (χ1n) is 7.53. The van der Waals surface area contributed by atoms with Gasteiger partial charge >= 0.3 is 5.97 Å². The number of esters is 1. The molecule has 24 heavy (non-hydrogen) atoms. The van der Waals surface area contributed by atoms with E-state index in [4.69, 9.17) is 9.72 Å². The Labute approximate surface area is 145 Å².